The van der Waals surface area contributed by atoms with Crippen molar-refractivity contribution in [3.63, 3.8) is 0 Å². The number of hydrogen-bond donors (Lipinski definition) is 0. The molecule has 3 atom stereocenters. The number of carbonyl (C=O) groups is 1. The second-order valence-corrected chi connectivity index (χ2v) is 6.49. The number of amides is 1. The summed E-state index contributed by atoms with van der Waals surface area (Å²) in [4.78, 5) is 14.8. The van der Waals surface area contributed by atoms with Crippen LogP contribution in [0.1, 0.15) is 42.5 Å². The average molecular weight is 287 g/mol. The van der Waals surface area contributed by atoms with E-state index in [1.54, 1.807) is 17.6 Å². The Balaban J connectivity index is 1.49. The Morgan fingerprint density at radius 2 is 2.35 bits per heavy atom. The maximum Gasteiger partial charge on any atom is 0.226 e. The van der Waals surface area contributed by atoms with Gasteiger partial charge in [0.25, 0.3) is 0 Å². The summed E-state index contributed by atoms with van der Waals surface area (Å²) >= 11 is 1.71. The molecule has 2 aliphatic rings. The Labute approximate surface area is 122 Å². The van der Waals surface area contributed by atoms with Crippen LogP contribution >= 0.6 is 11.3 Å². The molecule has 0 bridgehead atoms. The summed E-state index contributed by atoms with van der Waals surface area (Å²) < 4.78 is 5.43. The van der Waals surface area contributed by atoms with Gasteiger partial charge in [-0.2, -0.15) is 11.3 Å². The van der Waals surface area contributed by atoms with Gasteiger partial charge in [-0.1, -0.05) is 0 Å². The molecule has 4 heteroatoms. The summed E-state index contributed by atoms with van der Waals surface area (Å²) in [5.74, 6) is 1.73. The van der Waals surface area contributed by atoms with Gasteiger partial charge in [0.05, 0.1) is 12.3 Å². The molecule has 2 aromatic rings. The van der Waals surface area contributed by atoms with Crippen molar-refractivity contribution >= 4 is 17.2 Å². The number of carbonyl (C=O) groups excluding carboxylic acids is 1. The maximum atomic E-state index is 12.7. The van der Waals surface area contributed by atoms with Gasteiger partial charge in [-0.05, 0) is 53.8 Å². The Bertz CT molecular complexity index is 590. The van der Waals surface area contributed by atoms with Crippen molar-refractivity contribution < 1.29 is 9.21 Å². The molecule has 3 nitrogen and oxygen atoms in total. The van der Waals surface area contributed by atoms with Crippen LogP contribution in [0.4, 0.5) is 0 Å². The monoisotopic (exact) mass is 287 g/mol. The molecule has 0 aromatic carbocycles. The Kier molecular flexibility index (Phi) is 2.91. The lowest BCUT2D eigenvalue weighted by atomic mass is 10.1. The van der Waals surface area contributed by atoms with Gasteiger partial charge in [-0.25, -0.2) is 0 Å². The van der Waals surface area contributed by atoms with Crippen molar-refractivity contribution in [2.75, 3.05) is 6.54 Å². The largest absolute Gasteiger partial charge is 0.469 e. The molecule has 1 aliphatic carbocycles. The molecule has 0 radical (unpaired) electrons. The van der Waals surface area contributed by atoms with Crippen molar-refractivity contribution in [2.45, 2.75) is 31.2 Å². The summed E-state index contributed by atoms with van der Waals surface area (Å²) in [7, 11) is 0. The van der Waals surface area contributed by atoms with Crippen molar-refractivity contribution in [1.29, 1.82) is 0 Å². The average Bonchev–Trinajstić information content (AvgIpc) is 2.97. The lowest BCUT2D eigenvalue weighted by Crippen LogP contribution is -2.31. The normalized spacial score (nSPS) is 28.8. The third kappa shape index (κ3) is 1.99. The van der Waals surface area contributed by atoms with Gasteiger partial charge in [0.1, 0.15) is 5.76 Å². The smallest absolute Gasteiger partial charge is 0.226 e. The lowest BCUT2D eigenvalue weighted by molar-refractivity contribution is -0.133. The van der Waals surface area contributed by atoms with E-state index in [1.807, 2.05) is 12.1 Å². The van der Waals surface area contributed by atoms with Crippen LogP contribution in [-0.4, -0.2) is 17.4 Å². The zero-order valence-electron chi connectivity index (χ0n) is 11.2. The van der Waals surface area contributed by atoms with E-state index in [0.29, 0.717) is 17.9 Å². The maximum absolute atomic E-state index is 12.7. The van der Waals surface area contributed by atoms with Crippen LogP contribution in [-0.2, 0) is 4.79 Å². The van der Waals surface area contributed by atoms with Gasteiger partial charge in [0, 0.05) is 18.4 Å². The first-order valence-corrected chi connectivity index (χ1v) is 8.15. The fraction of sp³-hybridized carbons (Fsp3) is 0.438. The summed E-state index contributed by atoms with van der Waals surface area (Å²) in [6.07, 6.45) is 4.85. The van der Waals surface area contributed by atoms with Crippen LogP contribution in [0.2, 0.25) is 0 Å². The van der Waals surface area contributed by atoms with E-state index in [2.05, 4.69) is 21.7 Å². The van der Waals surface area contributed by atoms with Gasteiger partial charge in [0.15, 0.2) is 0 Å². The molecule has 20 heavy (non-hydrogen) atoms. The highest BCUT2D eigenvalue weighted by Gasteiger charge is 2.49. The first kappa shape index (κ1) is 12.2. The van der Waals surface area contributed by atoms with Gasteiger partial charge in [-0.3, -0.25) is 4.79 Å². The van der Waals surface area contributed by atoms with Crippen molar-refractivity contribution in [1.82, 2.24) is 4.90 Å². The van der Waals surface area contributed by atoms with Gasteiger partial charge in [-0.15, -0.1) is 0 Å². The summed E-state index contributed by atoms with van der Waals surface area (Å²) in [6, 6.07) is 6.33. The third-order valence-corrected chi connectivity index (χ3v) is 5.18. The molecule has 0 spiro atoms. The number of nitrogens with zero attached hydrogens (tertiary/aromatic N) is 1. The van der Waals surface area contributed by atoms with Crippen molar-refractivity contribution in [2.24, 2.45) is 5.92 Å². The second-order valence-electron chi connectivity index (χ2n) is 5.71. The predicted octanol–water partition coefficient (Wildman–Crippen LogP) is 3.81. The molecule has 0 unspecified atom stereocenters. The standard InChI is InChI=1S/C16H17NO2S/c18-16(13-9-12(13)15-4-2-7-19-15)17-6-1-3-14(17)11-5-8-20-10-11/h2,4-5,7-8,10,12-14H,1,3,6,9H2/t12-,13+,14+/m0/s1. The molecule has 2 aromatic heterocycles. The fourth-order valence-corrected chi connectivity index (χ4v) is 4.05. The summed E-state index contributed by atoms with van der Waals surface area (Å²) in [5.41, 5.74) is 1.30. The minimum atomic E-state index is 0.139. The zero-order chi connectivity index (χ0) is 13.5. The van der Waals surface area contributed by atoms with Crippen LogP contribution < -0.4 is 0 Å². The molecule has 1 saturated heterocycles. The summed E-state index contributed by atoms with van der Waals surface area (Å²) in [5, 5.41) is 4.27. The first-order valence-electron chi connectivity index (χ1n) is 7.20. The highest BCUT2D eigenvalue weighted by molar-refractivity contribution is 7.07. The molecule has 1 saturated carbocycles. The first-order chi connectivity index (χ1) is 9.84. The Morgan fingerprint density at radius 1 is 1.40 bits per heavy atom. The van der Waals surface area contributed by atoms with E-state index in [9.17, 15) is 4.79 Å². The van der Waals surface area contributed by atoms with Gasteiger partial charge < -0.3 is 9.32 Å². The minimum Gasteiger partial charge on any atom is -0.469 e. The van der Waals surface area contributed by atoms with E-state index >= 15 is 0 Å². The fourth-order valence-electron chi connectivity index (χ4n) is 3.34. The van der Waals surface area contributed by atoms with E-state index < -0.39 is 0 Å². The van der Waals surface area contributed by atoms with Gasteiger partial charge in [0.2, 0.25) is 5.91 Å². The van der Waals surface area contributed by atoms with Crippen LogP contribution in [0.15, 0.2) is 39.6 Å². The molecular formula is C16H17NO2S. The molecule has 2 fully saturated rings. The van der Waals surface area contributed by atoms with Crippen LogP contribution in [0.25, 0.3) is 0 Å². The third-order valence-electron chi connectivity index (χ3n) is 4.48. The van der Waals surface area contributed by atoms with E-state index in [-0.39, 0.29) is 5.92 Å². The van der Waals surface area contributed by atoms with E-state index in [0.717, 1.165) is 31.6 Å². The van der Waals surface area contributed by atoms with E-state index in [1.165, 1.54) is 5.56 Å². The highest BCUT2D eigenvalue weighted by atomic mass is 32.1. The Hall–Kier alpha value is -1.55. The summed E-state index contributed by atoms with van der Waals surface area (Å²) in [6.45, 7) is 0.903. The minimum absolute atomic E-state index is 0.139. The SMILES string of the molecule is O=C([C@@H]1C[C@@H]1c1ccco1)N1CCC[C@@H]1c1ccsc1. The van der Waals surface area contributed by atoms with Crippen molar-refractivity contribution in [3.8, 4) is 0 Å². The molecular weight excluding hydrogens is 270 g/mol. The molecule has 3 heterocycles. The number of rotatable bonds is 3. The van der Waals surface area contributed by atoms with Gasteiger partial charge >= 0.3 is 0 Å². The van der Waals surface area contributed by atoms with Crippen LogP contribution in [0.3, 0.4) is 0 Å². The quantitative estimate of drug-likeness (QED) is 0.860. The van der Waals surface area contributed by atoms with Crippen LogP contribution in [0.5, 0.6) is 0 Å². The lowest BCUT2D eigenvalue weighted by Gasteiger charge is -2.24. The molecule has 0 N–H and O–H groups in total. The molecule has 4 rings (SSSR count). The number of furan rings is 1. The molecule has 1 aliphatic heterocycles. The van der Waals surface area contributed by atoms with Crippen molar-refractivity contribution in [3.05, 3.63) is 46.5 Å². The number of likely N-dealkylation sites (tertiary alicyclic amines) is 1. The second kappa shape index (κ2) is 4.77. The van der Waals surface area contributed by atoms with Crippen LogP contribution in [0, 0.1) is 5.92 Å². The number of hydrogen-bond acceptors (Lipinski definition) is 3. The Morgan fingerprint density at radius 3 is 3.10 bits per heavy atom. The predicted molar refractivity (Wildman–Crippen MR) is 77.6 cm³/mol. The highest BCUT2D eigenvalue weighted by Crippen LogP contribution is 2.50. The van der Waals surface area contributed by atoms with E-state index in [4.69, 9.17) is 4.42 Å². The zero-order valence-corrected chi connectivity index (χ0v) is 12.0. The molecule has 104 valence electrons. The topological polar surface area (TPSA) is 33.5 Å². The molecule has 1 amide bonds. The number of thiophene rings is 1.